The van der Waals surface area contributed by atoms with Gasteiger partial charge in [0.1, 0.15) is 0 Å². The van der Waals surface area contributed by atoms with Crippen LogP contribution in [0.3, 0.4) is 0 Å². The maximum absolute atomic E-state index is 4.43. The van der Waals surface area contributed by atoms with Gasteiger partial charge in [0.25, 0.3) is 0 Å². The smallest absolute Gasteiger partial charge is 0.0897 e. The van der Waals surface area contributed by atoms with Crippen LogP contribution in [-0.4, -0.2) is 4.98 Å². The maximum Gasteiger partial charge on any atom is 0.0897 e. The van der Waals surface area contributed by atoms with Crippen molar-refractivity contribution in [2.75, 3.05) is 0 Å². The highest BCUT2D eigenvalue weighted by molar-refractivity contribution is 7.09. The van der Waals surface area contributed by atoms with Gasteiger partial charge in [-0.1, -0.05) is 18.2 Å². The summed E-state index contributed by atoms with van der Waals surface area (Å²) in [5, 5.41) is 6.67. The molecule has 0 spiro atoms. The van der Waals surface area contributed by atoms with Gasteiger partial charge in [0.05, 0.1) is 10.7 Å². The van der Waals surface area contributed by atoms with E-state index in [1.807, 2.05) is 6.92 Å². The van der Waals surface area contributed by atoms with E-state index in [0.717, 1.165) is 23.8 Å². The van der Waals surface area contributed by atoms with Crippen LogP contribution >= 0.6 is 11.3 Å². The molecule has 0 unspecified atom stereocenters. The molecule has 1 aromatic heterocycles. The summed E-state index contributed by atoms with van der Waals surface area (Å²) < 4.78 is 0. The summed E-state index contributed by atoms with van der Waals surface area (Å²) >= 11 is 1.70. The number of nitrogens with one attached hydrogen (secondary N) is 1. The fraction of sp³-hybridized carbons (Fsp3) is 0.357. The van der Waals surface area contributed by atoms with Gasteiger partial charge in [0, 0.05) is 18.5 Å². The minimum Gasteiger partial charge on any atom is -0.307 e. The van der Waals surface area contributed by atoms with E-state index in [0.29, 0.717) is 0 Å². The largest absolute Gasteiger partial charge is 0.307 e. The number of nitrogens with zero attached hydrogens (tertiary/aromatic N) is 1. The van der Waals surface area contributed by atoms with E-state index in [-0.39, 0.29) is 0 Å². The second-order valence-corrected chi connectivity index (χ2v) is 5.44. The highest BCUT2D eigenvalue weighted by atomic mass is 32.1. The zero-order valence-electron chi connectivity index (χ0n) is 10.6. The van der Waals surface area contributed by atoms with E-state index >= 15 is 0 Å². The molecule has 90 valence electrons. The summed E-state index contributed by atoms with van der Waals surface area (Å²) in [5.41, 5.74) is 5.18. The molecule has 0 amide bonds. The summed E-state index contributed by atoms with van der Waals surface area (Å²) in [5.74, 6) is 0. The molecule has 0 saturated carbocycles. The Balaban J connectivity index is 1.87. The molecule has 2 rings (SSSR count). The van der Waals surface area contributed by atoms with Crippen LogP contribution in [0.15, 0.2) is 23.6 Å². The first kappa shape index (κ1) is 12.3. The molecule has 0 bridgehead atoms. The van der Waals surface area contributed by atoms with E-state index in [4.69, 9.17) is 0 Å². The predicted molar refractivity (Wildman–Crippen MR) is 73.3 cm³/mol. The molecule has 1 N–H and O–H groups in total. The van der Waals surface area contributed by atoms with E-state index in [1.165, 1.54) is 16.7 Å². The molecule has 2 nitrogen and oxygen atoms in total. The van der Waals surface area contributed by atoms with Gasteiger partial charge in [0.2, 0.25) is 0 Å². The minimum atomic E-state index is 0.845. The molecule has 1 heterocycles. The molecule has 1 aromatic carbocycles. The van der Waals surface area contributed by atoms with E-state index < -0.39 is 0 Å². The van der Waals surface area contributed by atoms with Gasteiger partial charge in [-0.3, -0.25) is 0 Å². The molecule has 0 aliphatic rings. The molecule has 0 aliphatic heterocycles. The Hall–Kier alpha value is -1.19. The summed E-state index contributed by atoms with van der Waals surface area (Å²) in [6, 6.07) is 6.61. The molecule has 17 heavy (non-hydrogen) atoms. The lowest BCUT2D eigenvalue weighted by Gasteiger charge is -2.06. The van der Waals surface area contributed by atoms with Crippen molar-refractivity contribution in [1.29, 1.82) is 0 Å². The Labute approximate surface area is 107 Å². The number of hydrogen-bond donors (Lipinski definition) is 1. The number of rotatable bonds is 4. The number of thiazole rings is 1. The zero-order valence-corrected chi connectivity index (χ0v) is 11.4. The number of benzene rings is 1. The average Bonchev–Trinajstić information content (AvgIpc) is 2.70. The lowest BCUT2D eigenvalue weighted by Crippen LogP contribution is -2.13. The first-order chi connectivity index (χ1) is 8.15. The molecule has 0 aliphatic carbocycles. The van der Waals surface area contributed by atoms with E-state index in [1.54, 1.807) is 11.3 Å². The van der Waals surface area contributed by atoms with Crippen molar-refractivity contribution in [1.82, 2.24) is 10.3 Å². The average molecular weight is 246 g/mol. The van der Waals surface area contributed by atoms with Crippen LogP contribution in [-0.2, 0) is 13.1 Å². The van der Waals surface area contributed by atoms with Crippen molar-refractivity contribution in [3.8, 4) is 0 Å². The third-order valence-corrected chi connectivity index (χ3v) is 3.70. The lowest BCUT2D eigenvalue weighted by molar-refractivity contribution is 0.681. The number of hydrogen-bond acceptors (Lipinski definition) is 3. The third kappa shape index (κ3) is 3.38. The van der Waals surface area contributed by atoms with Gasteiger partial charge in [-0.2, -0.15) is 0 Å². The predicted octanol–water partition coefficient (Wildman–Crippen LogP) is 3.36. The highest BCUT2D eigenvalue weighted by Crippen LogP contribution is 2.10. The minimum absolute atomic E-state index is 0.845. The highest BCUT2D eigenvalue weighted by Gasteiger charge is 1.99. The van der Waals surface area contributed by atoms with E-state index in [2.05, 4.69) is 47.7 Å². The number of aromatic nitrogens is 1. The summed E-state index contributed by atoms with van der Waals surface area (Å²) in [6.07, 6.45) is 0. The topological polar surface area (TPSA) is 24.9 Å². The van der Waals surface area contributed by atoms with Crippen LogP contribution < -0.4 is 5.32 Å². The number of aryl methyl sites for hydroxylation is 3. The summed E-state index contributed by atoms with van der Waals surface area (Å²) in [4.78, 5) is 4.43. The maximum atomic E-state index is 4.43. The van der Waals surface area contributed by atoms with Crippen LogP contribution in [0.4, 0.5) is 0 Å². The van der Waals surface area contributed by atoms with Crippen molar-refractivity contribution >= 4 is 11.3 Å². The van der Waals surface area contributed by atoms with Crippen LogP contribution in [0.1, 0.15) is 27.4 Å². The Morgan fingerprint density at radius 3 is 2.59 bits per heavy atom. The van der Waals surface area contributed by atoms with Crippen molar-refractivity contribution in [2.45, 2.75) is 33.9 Å². The van der Waals surface area contributed by atoms with Gasteiger partial charge in [0.15, 0.2) is 0 Å². The molecular weight excluding hydrogens is 228 g/mol. The van der Waals surface area contributed by atoms with Gasteiger partial charge >= 0.3 is 0 Å². The first-order valence-corrected chi connectivity index (χ1v) is 6.71. The molecule has 0 radical (unpaired) electrons. The molecule has 0 atom stereocenters. The van der Waals surface area contributed by atoms with E-state index in [9.17, 15) is 0 Å². The Morgan fingerprint density at radius 1 is 1.12 bits per heavy atom. The zero-order chi connectivity index (χ0) is 12.3. The second-order valence-electron chi connectivity index (χ2n) is 4.38. The summed E-state index contributed by atoms with van der Waals surface area (Å²) in [7, 11) is 0. The Kier molecular flexibility index (Phi) is 3.92. The van der Waals surface area contributed by atoms with Crippen LogP contribution in [0.5, 0.6) is 0 Å². The lowest BCUT2D eigenvalue weighted by atomic mass is 10.1. The third-order valence-electron chi connectivity index (χ3n) is 2.87. The molecular formula is C14H18N2S. The van der Waals surface area contributed by atoms with Gasteiger partial charge in [-0.05, 0) is 37.5 Å². The molecule has 0 fully saturated rings. The van der Waals surface area contributed by atoms with Crippen LogP contribution in [0, 0.1) is 20.8 Å². The molecule has 0 saturated heterocycles. The SMILES string of the molecule is Cc1nc(CNCc2ccc(C)c(C)c2)cs1. The van der Waals surface area contributed by atoms with Gasteiger partial charge < -0.3 is 5.32 Å². The van der Waals surface area contributed by atoms with Gasteiger partial charge in [-0.25, -0.2) is 4.98 Å². The van der Waals surface area contributed by atoms with Crippen molar-refractivity contribution in [2.24, 2.45) is 0 Å². The van der Waals surface area contributed by atoms with Crippen molar-refractivity contribution in [3.05, 3.63) is 51.0 Å². The van der Waals surface area contributed by atoms with Crippen LogP contribution in [0.25, 0.3) is 0 Å². The fourth-order valence-electron chi connectivity index (χ4n) is 1.74. The standard InChI is InChI=1S/C14H18N2S/c1-10-4-5-13(6-11(10)2)7-15-8-14-9-17-12(3)16-14/h4-6,9,15H,7-8H2,1-3H3. The Bertz CT molecular complexity index is 503. The monoisotopic (exact) mass is 246 g/mol. The quantitative estimate of drug-likeness (QED) is 0.894. The van der Waals surface area contributed by atoms with Crippen LogP contribution in [0.2, 0.25) is 0 Å². The summed E-state index contributed by atoms with van der Waals surface area (Å²) in [6.45, 7) is 8.08. The normalized spacial score (nSPS) is 10.8. The first-order valence-electron chi connectivity index (χ1n) is 5.83. The molecule has 2 aromatic rings. The van der Waals surface area contributed by atoms with Gasteiger partial charge in [-0.15, -0.1) is 11.3 Å². The second kappa shape index (κ2) is 5.43. The Morgan fingerprint density at radius 2 is 1.94 bits per heavy atom. The van der Waals surface area contributed by atoms with Crippen molar-refractivity contribution in [3.63, 3.8) is 0 Å². The molecule has 3 heteroatoms. The fourth-order valence-corrected chi connectivity index (χ4v) is 2.35. The van der Waals surface area contributed by atoms with Crippen molar-refractivity contribution < 1.29 is 0 Å².